The van der Waals surface area contributed by atoms with Crippen LogP contribution in [-0.4, -0.2) is 11.5 Å². The highest BCUT2D eigenvalue weighted by atomic mass is 32.2. The van der Waals surface area contributed by atoms with Crippen molar-refractivity contribution in [1.82, 2.24) is 10.6 Å². The number of hydrogen-bond acceptors (Lipinski definition) is 4. The minimum Gasteiger partial charge on any atom is -0.367 e. The molecular formula is C20H19F2N3S. The summed E-state index contributed by atoms with van der Waals surface area (Å²) in [6.45, 7) is 0. The second kappa shape index (κ2) is 6.20. The van der Waals surface area contributed by atoms with Crippen molar-refractivity contribution in [2.45, 2.75) is 42.1 Å². The molecule has 26 heavy (non-hydrogen) atoms. The van der Waals surface area contributed by atoms with Gasteiger partial charge in [0.05, 0.1) is 16.9 Å². The van der Waals surface area contributed by atoms with Gasteiger partial charge in [-0.1, -0.05) is 42.8 Å². The molecule has 0 amide bonds. The van der Waals surface area contributed by atoms with Crippen molar-refractivity contribution in [3.63, 3.8) is 0 Å². The fourth-order valence-electron chi connectivity index (χ4n) is 4.03. The quantitative estimate of drug-likeness (QED) is 0.823. The van der Waals surface area contributed by atoms with Crippen molar-refractivity contribution in [1.29, 1.82) is 0 Å². The molecule has 2 heterocycles. The Morgan fingerprint density at radius 1 is 1.00 bits per heavy atom. The normalized spacial score (nSPS) is 21.8. The van der Waals surface area contributed by atoms with Crippen LogP contribution in [0.3, 0.4) is 0 Å². The molecule has 1 saturated carbocycles. The van der Waals surface area contributed by atoms with Crippen molar-refractivity contribution in [3.8, 4) is 0 Å². The number of thioether (sulfide) groups is 1. The summed E-state index contributed by atoms with van der Waals surface area (Å²) < 4.78 is 29.0. The van der Waals surface area contributed by atoms with E-state index in [0.717, 1.165) is 24.4 Å². The summed E-state index contributed by atoms with van der Waals surface area (Å²) in [5, 5.41) is 6.94. The number of nitrogens with zero attached hydrogens (tertiary/aromatic N) is 1. The Bertz CT molecular complexity index is 872. The lowest BCUT2D eigenvalue weighted by molar-refractivity contribution is 0.568. The lowest BCUT2D eigenvalue weighted by atomic mass is 10.1. The zero-order valence-corrected chi connectivity index (χ0v) is 15.0. The Kier molecular flexibility index (Phi) is 3.81. The van der Waals surface area contributed by atoms with Crippen molar-refractivity contribution in [2.24, 2.45) is 0 Å². The SMILES string of the molecule is Fc1cccc(F)c1C1=C(NC2CCCC2)N2c3ccccc3SC2N1. The van der Waals surface area contributed by atoms with Gasteiger partial charge in [0, 0.05) is 10.9 Å². The van der Waals surface area contributed by atoms with Gasteiger partial charge in [0.1, 0.15) is 17.5 Å². The molecule has 2 aliphatic heterocycles. The second-order valence-corrected chi connectivity index (χ2v) is 8.02. The number of halogens is 2. The van der Waals surface area contributed by atoms with Crippen LogP contribution in [0.1, 0.15) is 31.2 Å². The number of benzene rings is 2. The fourth-order valence-corrected chi connectivity index (χ4v) is 5.22. The van der Waals surface area contributed by atoms with Gasteiger partial charge in [-0.2, -0.15) is 0 Å². The van der Waals surface area contributed by atoms with E-state index < -0.39 is 11.6 Å². The monoisotopic (exact) mass is 371 g/mol. The number of para-hydroxylation sites is 1. The number of fused-ring (bicyclic) bond motifs is 3. The van der Waals surface area contributed by atoms with Crippen LogP contribution in [0.4, 0.5) is 14.5 Å². The summed E-state index contributed by atoms with van der Waals surface area (Å²) in [5.74, 6) is -0.307. The Labute approximate surface area is 155 Å². The molecule has 0 aromatic heterocycles. The molecule has 3 aliphatic rings. The van der Waals surface area contributed by atoms with E-state index >= 15 is 0 Å². The van der Waals surface area contributed by atoms with Gasteiger partial charge in [-0.05, 0) is 37.1 Å². The molecule has 1 atom stereocenters. The Morgan fingerprint density at radius 2 is 1.73 bits per heavy atom. The fraction of sp³-hybridized carbons (Fsp3) is 0.300. The average molecular weight is 371 g/mol. The lowest BCUT2D eigenvalue weighted by Gasteiger charge is -2.25. The van der Waals surface area contributed by atoms with Gasteiger partial charge < -0.3 is 10.6 Å². The molecule has 2 aromatic rings. The zero-order chi connectivity index (χ0) is 17.7. The van der Waals surface area contributed by atoms with Gasteiger partial charge in [0.15, 0.2) is 5.50 Å². The standard InChI is InChI=1S/C20H19F2N3S/c21-13-8-5-9-14(22)17(13)18-19(23-12-6-1-2-7-12)25-15-10-3-4-11-16(15)26-20(25)24-18/h3-5,8-12,20,23-24H,1-2,6-7H2. The second-order valence-electron chi connectivity index (χ2n) is 6.90. The molecule has 0 spiro atoms. The van der Waals surface area contributed by atoms with Crippen LogP contribution in [0.5, 0.6) is 0 Å². The van der Waals surface area contributed by atoms with E-state index in [2.05, 4.69) is 27.7 Å². The molecule has 3 nitrogen and oxygen atoms in total. The summed E-state index contributed by atoms with van der Waals surface area (Å²) in [6, 6.07) is 12.5. The smallest absolute Gasteiger partial charge is 0.158 e. The molecule has 2 aromatic carbocycles. The third kappa shape index (κ3) is 2.47. The minimum atomic E-state index is -0.544. The summed E-state index contributed by atoms with van der Waals surface area (Å²) in [4.78, 5) is 3.31. The van der Waals surface area contributed by atoms with Crippen LogP contribution in [0, 0.1) is 11.6 Å². The largest absolute Gasteiger partial charge is 0.367 e. The van der Waals surface area contributed by atoms with E-state index in [0.29, 0.717) is 11.7 Å². The van der Waals surface area contributed by atoms with Crippen molar-refractivity contribution >= 4 is 23.1 Å². The Hall–Kier alpha value is -2.21. The molecule has 1 fully saturated rings. The summed E-state index contributed by atoms with van der Waals surface area (Å²) >= 11 is 1.67. The molecular weight excluding hydrogens is 352 g/mol. The summed E-state index contributed by atoms with van der Waals surface area (Å²) in [6.07, 6.45) is 4.56. The van der Waals surface area contributed by atoms with E-state index in [1.807, 2.05) is 12.1 Å². The molecule has 6 heteroatoms. The number of hydrogen-bond donors (Lipinski definition) is 2. The van der Waals surface area contributed by atoms with Crippen LogP contribution < -0.4 is 15.5 Å². The topological polar surface area (TPSA) is 27.3 Å². The molecule has 5 rings (SSSR count). The Morgan fingerprint density at radius 3 is 2.50 bits per heavy atom. The first kappa shape index (κ1) is 16.0. The predicted molar refractivity (Wildman–Crippen MR) is 100 cm³/mol. The minimum absolute atomic E-state index is 0.0143. The van der Waals surface area contributed by atoms with Gasteiger partial charge in [-0.25, -0.2) is 8.78 Å². The van der Waals surface area contributed by atoms with E-state index in [4.69, 9.17) is 0 Å². The highest BCUT2D eigenvalue weighted by Crippen LogP contribution is 2.48. The van der Waals surface area contributed by atoms with Crippen molar-refractivity contribution < 1.29 is 8.78 Å². The first-order valence-electron chi connectivity index (χ1n) is 8.99. The van der Waals surface area contributed by atoms with E-state index in [-0.39, 0.29) is 11.1 Å². The molecule has 0 radical (unpaired) electrons. The predicted octanol–water partition coefficient (Wildman–Crippen LogP) is 4.62. The zero-order valence-electron chi connectivity index (χ0n) is 14.1. The Balaban J connectivity index is 1.64. The first-order valence-corrected chi connectivity index (χ1v) is 9.87. The number of nitrogens with one attached hydrogen (secondary N) is 2. The maximum absolute atomic E-state index is 14.5. The van der Waals surface area contributed by atoms with Crippen molar-refractivity contribution in [2.75, 3.05) is 4.90 Å². The van der Waals surface area contributed by atoms with Crippen LogP contribution in [-0.2, 0) is 0 Å². The van der Waals surface area contributed by atoms with Crippen molar-refractivity contribution in [3.05, 3.63) is 65.5 Å². The highest BCUT2D eigenvalue weighted by molar-refractivity contribution is 8.00. The van der Waals surface area contributed by atoms with E-state index in [1.54, 1.807) is 11.8 Å². The van der Waals surface area contributed by atoms with Crippen LogP contribution in [0.2, 0.25) is 0 Å². The summed E-state index contributed by atoms with van der Waals surface area (Å²) in [7, 11) is 0. The maximum Gasteiger partial charge on any atom is 0.158 e. The summed E-state index contributed by atoms with van der Waals surface area (Å²) in [5.41, 5.74) is 1.51. The average Bonchev–Trinajstić information content (AvgIpc) is 3.32. The van der Waals surface area contributed by atoms with Gasteiger partial charge in [-0.15, -0.1) is 0 Å². The molecule has 0 saturated heterocycles. The molecule has 0 bridgehead atoms. The van der Waals surface area contributed by atoms with Crippen LogP contribution in [0.25, 0.3) is 5.70 Å². The first-order chi connectivity index (χ1) is 12.7. The van der Waals surface area contributed by atoms with E-state index in [1.165, 1.54) is 35.9 Å². The third-order valence-corrected chi connectivity index (χ3v) is 6.40. The van der Waals surface area contributed by atoms with Gasteiger partial charge in [0.25, 0.3) is 0 Å². The highest BCUT2D eigenvalue weighted by Gasteiger charge is 2.41. The van der Waals surface area contributed by atoms with Crippen LogP contribution >= 0.6 is 11.8 Å². The van der Waals surface area contributed by atoms with Crippen LogP contribution in [0.15, 0.2) is 53.2 Å². The lowest BCUT2D eigenvalue weighted by Crippen LogP contribution is -2.37. The molecule has 2 N–H and O–H groups in total. The number of rotatable bonds is 3. The van der Waals surface area contributed by atoms with Gasteiger partial charge in [-0.3, -0.25) is 4.90 Å². The third-order valence-electron chi connectivity index (χ3n) is 5.25. The molecule has 134 valence electrons. The van der Waals surface area contributed by atoms with Gasteiger partial charge in [0.2, 0.25) is 0 Å². The molecule has 1 aliphatic carbocycles. The van der Waals surface area contributed by atoms with Gasteiger partial charge >= 0.3 is 0 Å². The van der Waals surface area contributed by atoms with E-state index in [9.17, 15) is 8.78 Å². The molecule has 1 unspecified atom stereocenters. The maximum atomic E-state index is 14.5. The number of anilines is 1.